The predicted octanol–water partition coefficient (Wildman–Crippen LogP) is 11.0. The molecule has 0 unspecified atom stereocenters. The number of unbranched alkanes of at least 4 members (excludes halogenated alkanes) is 8. The number of ether oxygens (including phenoxy) is 2. The highest BCUT2D eigenvalue weighted by Gasteiger charge is 2.22. The minimum absolute atomic E-state index is 0.174. The topological polar surface area (TPSA) is 35.5 Å². The molecule has 0 radical (unpaired) electrons. The van der Waals surface area contributed by atoms with Crippen LogP contribution in [0.2, 0.25) is 0 Å². The Balaban J connectivity index is 1.35. The zero-order valence-corrected chi connectivity index (χ0v) is 25.5. The van der Waals surface area contributed by atoms with Gasteiger partial charge in [-0.15, -0.1) is 0 Å². The van der Waals surface area contributed by atoms with E-state index < -0.39 is 23.2 Å². The van der Waals surface area contributed by atoms with Crippen molar-refractivity contribution in [1.82, 2.24) is 0 Å². The van der Waals surface area contributed by atoms with E-state index in [9.17, 15) is 13.6 Å². The van der Waals surface area contributed by atoms with Crippen molar-refractivity contribution < 1.29 is 23.0 Å². The second-order valence-corrected chi connectivity index (χ2v) is 12.0. The van der Waals surface area contributed by atoms with Gasteiger partial charge in [-0.05, 0) is 60.9 Å². The van der Waals surface area contributed by atoms with Gasteiger partial charge in [0.25, 0.3) is 0 Å². The summed E-state index contributed by atoms with van der Waals surface area (Å²) >= 11 is 0. The number of hydrogen-bond donors (Lipinski definition) is 0. The Morgan fingerprint density at radius 1 is 0.707 bits per heavy atom. The molecule has 41 heavy (non-hydrogen) atoms. The van der Waals surface area contributed by atoms with E-state index in [1.807, 2.05) is 12.1 Å². The first-order valence-electron chi connectivity index (χ1n) is 16.4. The molecule has 0 spiro atoms. The fourth-order valence-electron chi connectivity index (χ4n) is 6.01. The molecule has 1 saturated carbocycles. The van der Waals surface area contributed by atoms with E-state index in [4.69, 9.17) is 9.47 Å². The normalized spacial score (nSPS) is 17.0. The standard InChI is InChI=1S/C36H52F2O3/c1-3-5-7-8-9-13-27-40-33-26-25-32(34(37)35(33)38)36(39)41-31-23-21-30(22-24-31)16-12-11-15-29-19-17-28(18-20-29)14-10-6-4-2/h21-26,28-29H,3-20,27H2,1-2H3. The number of carbonyl (C=O) groups is 1. The summed E-state index contributed by atoms with van der Waals surface area (Å²) in [5.74, 6) is -1.31. The summed E-state index contributed by atoms with van der Waals surface area (Å²) in [6.45, 7) is 4.76. The summed E-state index contributed by atoms with van der Waals surface area (Å²) in [5, 5.41) is 0. The molecule has 1 aliphatic rings. The molecule has 1 aliphatic carbocycles. The smallest absolute Gasteiger partial charge is 0.346 e. The Labute approximate surface area is 247 Å². The lowest BCUT2D eigenvalue weighted by molar-refractivity contribution is 0.0728. The third kappa shape index (κ3) is 11.8. The van der Waals surface area contributed by atoms with Gasteiger partial charge in [0, 0.05) is 0 Å². The molecular weight excluding hydrogens is 518 g/mol. The van der Waals surface area contributed by atoms with Crippen molar-refractivity contribution in [3.8, 4) is 11.5 Å². The Bertz CT molecular complexity index is 1010. The van der Waals surface area contributed by atoms with Crippen LogP contribution in [0.25, 0.3) is 0 Å². The maximum absolute atomic E-state index is 14.6. The summed E-state index contributed by atoms with van der Waals surface area (Å²) in [6.07, 6.45) is 22.3. The zero-order valence-electron chi connectivity index (χ0n) is 25.5. The minimum atomic E-state index is -1.24. The van der Waals surface area contributed by atoms with Gasteiger partial charge in [0.2, 0.25) is 5.82 Å². The molecule has 0 aromatic heterocycles. The van der Waals surface area contributed by atoms with Crippen LogP contribution in [0.4, 0.5) is 8.78 Å². The Kier molecular flexibility index (Phi) is 15.2. The van der Waals surface area contributed by atoms with Gasteiger partial charge in [0.05, 0.1) is 12.2 Å². The van der Waals surface area contributed by atoms with Gasteiger partial charge in [-0.25, -0.2) is 9.18 Å². The quantitative estimate of drug-likeness (QED) is 0.0957. The average Bonchev–Trinajstić information content (AvgIpc) is 2.98. The van der Waals surface area contributed by atoms with Crippen molar-refractivity contribution in [1.29, 1.82) is 0 Å². The number of aryl methyl sites for hydroxylation is 1. The van der Waals surface area contributed by atoms with Crippen LogP contribution in [0.5, 0.6) is 11.5 Å². The molecule has 0 aliphatic heterocycles. The average molecular weight is 571 g/mol. The van der Waals surface area contributed by atoms with Gasteiger partial charge in [-0.2, -0.15) is 4.39 Å². The van der Waals surface area contributed by atoms with Crippen molar-refractivity contribution >= 4 is 5.97 Å². The van der Waals surface area contributed by atoms with E-state index in [0.29, 0.717) is 12.4 Å². The molecule has 3 nitrogen and oxygen atoms in total. The van der Waals surface area contributed by atoms with Gasteiger partial charge < -0.3 is 9.47 Å². The second kappa shape index (κ2) is 18.9. The largest absolute Gasteiger partial charge is 0.490 e. The fourth-order valence-corrected chi connectivity index (χ4v) is 6.01. The van der Waals surface area contributed by atoms with E-state index >= 15 is 0 Å². The summed E-state index contributed by atoms with van der Waals surface area (Å²) < 4.78 is 39.9. The van der Waals surface area contributed by atoms with Crippen LogP contribution < -0.4 is 9.47 Å². The second-order valence-electron chi connectivity index (χ2n) is 12.0. The highest BCUT2D eigenvalue weighted by atomic mass is 19.2. The lowest BCUT2D eigenvalue weighted by Crippen LogP contribution is -2.14. The number of halogens is 2. The molecule has 0 saturated heterocycles. The molecule has 3 rings (SSSR count). The van der Waals surface area contributed by atoms with E-state index in [1.54, 1.807) is 12.1 Å². The maximum Gasteiger partial charge on any atom is 0.346 e. The number of benzene rings is 2. The van der Waals surface area contributed by atoms with Gasteiger partial charge in [0.1, 0.15) is 5.75 Å². The van der Waals surface area contributed by atoms with Crippen molar-refractivity contribution in [2.75, 3.05) is 6.61 Å². The van der Waals surface area contributed by atoms with Crippen LogP contribution in [0.1, 0.15) is 139 Å². The molecule has 228 valence electrons. The Morgan fingerprint density at radius 3 is 1.95 bits per heavy atom. The van der Waals surface area contributed by atoms with Gasteiger partial charge >= 0.3 is 5.97 Å². The molecule has 5 heteroatoms. The first-order chi connectivity index (χ1) is 20.0. The molecule has 0 amide bonds. The number of carbonyl (C=O) groups excluding carboxylic acids is 1. The van der Waals surface area contributed by atoms with Crippen LogP contribution in [0.3, 0.4) is 0 Å². The van der Waals surface area contributed by atoms with Gasteiger partial charge in [-0.1, -0.05) is 122 Å². The van der Waals surface area contributed by atoms with Crippen LogP contribution in [0.15, 0.2) is 36.4 Å². The summed E-state index contributed by atoms with van der Waals surface area (Å²) in [6, 6.07) is 9.86. The van der Waals surface area contributed by atoms with Crippen molar-refractivity contribution in [3.63, 3.8) is 0 Å². The van der Waals surface area contributed by atoms with E-state index in [2.05, 4.69) is 13.8 Å². The highest BCUT2D eigenvalue weighted by Crippen LogP contribution is 2.34. The minimum Gasteiger partial charge on any atom is -0.490 e. The lowest BCUT2D eigenvalue weighted by Gasteiger charge is -2.28. The molecule has 1 fully saturated rings. The van der Waals surface area contributed by atoms with Crippen molar-refractivity contribution in [2.24, 2.45) is 11.8 Å². The fraction of sp³-hybridized carbons (Fsp3) is 0.639. The Hall–Kier alpha value is -2.43. The third-order valence-corrected chi connectivity index (χ3v) is 8.67. The summed E-state index contributed by atoms with van der Waals surface area (Å²) in [7, 11) is 0. The zero-order chi connectivity index (χ0) is 29.3. The first-order valence-corrected chi connectivity index (χ1v) is 16.4. The van der Waals surface area contributed by atoms with Crippen LogP contribution in [-0.2, 0) is 6.42 Å². The summed E-state index contributed by atoms with van der Waals surface area (Å²) in [5.41, 5.74) is 0.752. The molecule has 0 atom stereocenters. The predicted molar refractivity (Wildman–Crippen MR) is 164 cm³/mol. The highest BCUT2D eigenvalue weighted by molar-refractivity contribution is 5.91. The molecule has 0 bridgehead atoms. The van der Waals surface area contributed by atoms with E-state index in [1.165, 1.54) is 101 Å². The van der Waals surface area contributed by atoms with E-state index in [0.717, 1.165) is 43.9 Å². The SMILES string of the molecule is CCCCCCCCOc1ccc(C(=O)Oc2ccc(CCCCC3CCC(CCCCC)CC3)cc2)c(F)c1F. The summed E-state index contributed by atoms with van der Waals surface area (Å²) in [4.78, 5) is 12.5. The molecule has 2 aromatic carbocycles. The Morgan fingerprint density at radius 2 is 1.29 bits per heavy atom. The van der Waals surface area contributed by atoms with Crippen LogP contribution >= 0.6 is 0 Å². The van der Waals surface area contributed by atoms with E-state index in [-0.39, 0.29) is 5.75 Å². The monoisotopic (exact) mass is 570 g/mol. The molecule has 2 aromatic rings. The van der Waals surface area contributed by atoms with Gasteiger partial charge in [0.15, 0.2) is 11.6 Å². The lowest BCUT2D eigenvalue weighted by atomic mass is 9.78. The number of rotatable bonds is 19. The van der Waals surface area contributed by atoms with Crippen molar-refractivity contribution in [3.05, 3.63) is 59.2 Å². The maximum atomic E-state index is 14.6. The molecular formula is C36H52F2O3. The number of esters is 1. The van der Waals surface area contributed by atoms with Crippen LogP contribution in [0, 0.1) is 23.5 Å². The first kappa shape index (κ1) is 33.1. The number of hydrogen-bond acceptors (Lipinski definition) is 3. The molecule has 0 N–H and O–H groups in total. The van der Waals surface area contributed by atoms with Crippen LogP contribution in [-0.4, -0.2) is 12.6 Å². The third-order valence-electron chi connectivity index (χ3n) is 8.67. The van der Waals surface area contributed by atoms with Gasteiger partial charge in [-0.3, -0.25) is 0 Å². The van der Waals surface area contributed by atoms with Crippen molar-refractivity contribution in [2.45, 2.75) is 129 Å². The molecule has 0 heterocycles.